The van der Waals surface area contributed by atoms with E-state index in [0.29, 0.717) is 48.4 Å². The van der Waals surface area contributed by atoms with Gasteiger partial charge in [-0.15, -0.1) is 11.3 Å². The summed E-state index contributed by atoms with van der Waals surface area (Å²) in [4.78, 5) is 15.1. The van der Waals surface area contributed by atoms with Gasteiger partial charge in [-0.05, 0) is 63.2 Å². The topological polar surface area (TPSA) is 51.8 Å². The van der Waals surface area contributed by atoms with Crippen LogP contribution in [0.25, 0.3) is 121 Å². The van der Waals surface area contributed by atoms with Crippen molar-refractivity contribution in [2.45, 2.75) is 0 Å². The molecule has 0 saturated carbocycles. The standard InChI is InChI=1S/C57H35N3OS/c1-4-14-36(15-5-1)38-28-30-40(31-29-38)55-58-56(60-57(59-55)49-26-12-25-47-46-24-11-23-45(53(46)61-54(47)49)39-18-8-3-9-19-39)43-32-33-48-51(35-43)62-50-27-13-22-44(52(48)50)42-21-10-20-41(34-42)37-16-6-2-7-17-37/h1-35H/i13D,22D,27D,32D,33D,35D. The van der Waals surface area contributed by atoms with Crippen LogP contribution in [0.3, 0.4) is 0 Å². The molecule has 0 bridgehead atoms. The largest absolute Gasteiger partial charge is 0.455 e. The molecule has 4 nitrogen and oxygen atoms in total. The Morgan fingerprint density at radius 2 is 0.919 bits per heavy atom. The average Bonchev–Trinajstić information content (AvgIpc) is 3.99. The fraction of sp³-hybridized carbons (Fsp3) is 0. The summed E-state index contributed by atoms with van der Waals surface area (Å²) in [5, 5.41) is 2.48. The summed E-state index contributed by atoms with van der Waals surface area (Å²) in [6, 6.07) is 56.3. The van der Waals surface area contributed by atoms with Crippen molar-refractivity contribution < 1.29 is 12.6 Å². The fourth-order valence-electron chi connectivity index (χ4n) is 8.28. The van der Waals surface area contributed by atoms with Gasteiger partial charge in [0, 0.05) is 47.6 Å². The van der Waals surface area contributed by atoms with E-state index in [4.69, 9.17) is 22.1 Å². The molecule has 5 heteroatoms. The third-order valence-corrected chi connectivity index (χ3v) is 12.3. The number of aromatic nitrogens is 3. The van der Waals surface area contributed by atoms with Gasteiger partial charge in [-0.2, -0.15) is 0 Å². The summed E-state index contributed by atoms with van der Waals surface area (Å²) >= 11 is 1.12. The number of hydrogen-bond acceptors (Lipinski definition) is 5. The second-order valence-electron chi connectivity index (χ2n) is 15.0. The Labute approximate surface area is 370 Å². The second kappa shape index (κ2) is 14.9. The normalized spacial score (nSPS) is 12.9. The van der Waals surface area contributed by atoms with Crippen LogP contribution in [-0.2, 0) is 0 Å². The number of para-hydroxylation sites is 2. The molecule has 290 valence electrons. The van der Waals surface area contributed by atoms with E-state index in [1.807, 2.05) is 176 Å². The predicted octanol–water partition coefficient (Wildman–Crippen LogP) is 15.8. The van der Waals surface area contributed by atoms with E-state index in [2.05, 4.69) is 0 Å². The summed E-state index contributed by atoms with van der Waals surface area (Å²) in [5.41, 5.74) is 9.48. The molecule has 0 saturated heterocycles. The molecule has 12 aromatic rings. The number of furan rings is 1. The van der Waals surface area contributed by atoms with Crippen LogP contribution < -0.4 is 0 Å². The zero-order chi connectivity index (χ0) is 46.2. The Kier molecular flexibility index (Phi) is 7.25. The lowest BCUT2D eigenvalue weighted by atomic mass is 9.96. The van der Waals surface area contributed by atoms with Crippen LogP contribution in [0.5, 0.6) is 0 Å². The number of nitrogens with zero attached hydrogens (tertiary/aromatic N) is 3. The van der Waals surface area contributed by atoms with Crippen molar-refractivity contribution >= 4 is 53.4 Å². The van der Waals surface area contributed by atoms with Crippen molar-refractivity contribution in [1.29, 1.82) is 0 Å². The smallest absolute Gasteiger partial charge is 0.167 e. The van der Waals surface area contributed by atoms with Gasteiger partial charge in [-0.3, -0.25) is 0 Å². The molecule has 62 heavy (non-hydrogen) atoms. The number of thiophene rings is 1. The van der Waals surface area contributed by atoms with Crippen molar-refractivity contribution in [3.05, 3.63) is 212 Å². The SMILES string of the molecule is [2H]c1c([2H])c(-c2cccc(-c3ccccc3)c2)c2c(sc3c([2H])c(-c4nc(-c5ccc(-c6ccccc6)cc5)nc(-c5cccc6c5oc5c(-c7ccccc7)cccc56)n4)c([2H])c([2H])c32)c1[2H]. The maximum atomic E-state index is 9.86. The first kappa shape index (κ1) is 30.1. The first-order valence-electron chi connectivity index (χ1n) is 23.3. The molecular weight excluding hydrogens is 775 g/mol. The van der Waals surface area contributed by atoms with Crippen molar-refractivity contribution in [3.63, 3.8) is 0 Å². The van der Waals surface area contributed by atoms with E-state index in [1.54, 1.807) is 0 Å². The van der Waals surface area contributed by atoms with Gasteiger partial charge in [-0.1, -0.05) is 188 Å². The third kappa shape index (κ3) is 6.26. The number of rotatable bonds is 7. The number of fused-ring (bicyclic) bond motifs is 6. The van der Waals surface area contributed by atoms with Gasteiger partial charge >= 0.3 is 0 Å². The highest BCUT2D eigenvalue weighted by molar-refractivity contribution is 7.26. The molecule has 0 spiro atoms. The van der Waals surface area contributed by atoms with E-state index < -0.39 is 0 Å². The molecular formula is C57H35N3OS. The zero-order valence-corrected chi connectivity index (χ0v) is 33.7. The van der Waals surface area contributed by atoms with E-state index in [-0.39, 0.29) is 58.9 Å². The average molecular weight is 816 g/mol. The van der Waals surface area contributed by atoms with Crippen LogP contribution >= 0.6 is 11.3 Å². The number of benzene rings is 9. The van der Waals surface area contributed by atoms with Gasteiger partial charge in [0.25, 0.3) is 0 Å². The van der Waals surface area contributed by atoms with Gasteiger partial charge in [0.15, 0.2) is 17.5 Å². The van der Waals surface area contributed by atoms with Gasteiger partial charge in [0.1, 0.15) is 11.2 Å². The second-order valence-corrected chi connectivity index (χ2v) is 16.1. The summed E-state index contributed by atoms with van der Waals surface area (Å²) in [6.07, 6.45) is 0. The maximum absolute atomic E-state index is 9.86. The zero-order valence-electron chi connectivity index (χ0n) is 38.9. The van der Waals surface area contributed by atoms with Crippen molar-refractivity contribution in [2.75, 3.05) is 0 Å². The Bertz CT molecular complexity index is 3970. The van der Waals surface area contributed by atoms with Crippen LogP contribution in [0.2, 0.25) is 0 Å². The highest BCUT2D eigenvalue weighted by atomic mass is 32.1. The lowest BCUT2D eigenvalue weighted by molar-refractivity contribution is 0.670. The molecule has 3 aromatic heterocycles. The van der Waals surface area contributed by atoms with Gasteiger partial charge < -0.3 is 4.42 Å². The highest BCUT2D eigenvalue weighted by Crippen LogP contribution is 2.43. The molecule has 3 heterocycles. The minimum absolute atomic E-state index is 0.0272. The van der Waals surface area contributed by atoms with Crippen molar-refractivity contribution in [2.24, 2.45) is 0 Å². The lowest BCUT2D eigenvalue weighted by Gasteiger charge is -2.10. The van der Waals surface area contributed by atoms with Gasteiger partial charge in [-0.25, -0.2) is 15.0 Å². The first-order valence-corrected chi connectivity index (χ1v) is 21.1. The quantitative estimate of drug-likeness (QED) is 0.161. The van der Waals surface area contributed by atoms with Crippen LogP contribution in [-0.4, -0.2) is 15.0 Å². The Morgan fingerprint density at radius 1 is 0.371 bits per heavy atom. The van der Waals surface area contributed by atoms with Gasteiger partial charge in [0.2, 0.25) is 0 Å². The minimum atomic E-state index is -0.281. The minimum Gasteiger partial charge on any atom is -0.455 e. The number of hydrogen-bond donors (Lipinski definition) is 0. The lowest BCUT2D eigenvalue weighted by Crippen LogP contribution is -2.00. The molecule has 0 N–H and O–H groups in total. The molecule has 9 aromatic carbocycles. The van der Waals surface area contributed by atoms with Crippen LogP contribution in [0.15, 0.2) is 217 Å². The van der Waals surface area contributed by atoms with Crippen LogP contribution in [0.4, 0.5) is 0 Å². The van der Waals surface area contributed by atoms with Crippen molar-refractivity contribution in [1.82, 2.24) is 15.0 Å². The first-order chi connectivity index (χ1) is 33.2. The summed E-state index contributed by atoms with van der Waals surface area (Å²) in [6.45, 7) is 0. The van der Waals surface area contributed by atoms with E-state index in [0.717, 1.165) is 61.1 Å². The van der Waals surface area contributed by atoms with Gasteiger partial charge in [0.05, 0.1) is 13.8 Å². The summed E-state index contributed by atoms with van der Waals surface area (Å²) < 4.78 is 63.9. The molecule has 12 rings (SSSR count). The molecule has 0 aliphatic heterocycles. The molecule has 0 unspecified atom stereocenters. The molecule has 0 amide bonds. The van der Waals surface area contributed by atoms with E-state index in [1.165, 1.54) is 0 Å². The van der Waals surface area contributed by atoms with Crippen LogP contribution in [0.1, 0.15) is 8.22 Å². The fourth-order valence-corrected chi connectivity index (χ4v) is 9.30. The molecule has 0 aliphatic carbocycles. The Morgan fingerprint density at radius 3 is 1.65 bits per heavy atom. The monoisotopic (exact) mass is 815 g/mol. The van der Waals surface area contributed by atoms with Crippen LogP contribution in [0, 0.1) is 0 Å². The summed E-state index contributed by atoms with van der Waals surface area (Å²) in [7, 11) is 0. The van der Waals surface area contributed by atoms with E-state index in [9.17, 15) is 5.48 Å². The third-order valence-electron chi connectivity index (χ3n) is 11.3. The van der Waals surface area contributed by atoms with E-state index >= 15 is 0 Å². The highest BCUT2D eigenvalue weighted by Gasteiger charge is 2.20. The molecule has 0 radical (unpaired) electrons. The molecule has 0 aliphatic rings. The molecule has 0 atom stereocenters. The Hall–Kier alpha value is -7.99. The Balaban J connectivity index is 1.09. The summed E-state index contributed by atoms with van der Waals surface area (Å²) in [5.74, 6) is 0.593. The predicted molar refractivity (Wildman–Crippen MR) is 258 cm³/mol. The maximum Gasteiger partial charge on any atom is 0.167 e. The van der Waals surface area contributed by atoms with Crippen molar-refractivity contribution in [3.8, 4) is 78.7 Å². The molecule has 0 fully saturated rings.